The second kappa shape index (κ2) is 4.82. The summed E-state index contributed by atoms with van der Waals surface area (Å²) in [4.78, 5) is 15.3. The zero-order valence-corrected chi connectivity index (χ0v) is 11.3. The summed E-state index contributed by atoms with van der Waals surface area (Å²) in [6, 6.07) is 2.91. The second-order valence-corrected chi connectivity index (χ2v) is 5.59. The fourth-order valence-electron chi connectivity index (χ4n) is 2.79. The Morgan fingerprint density at radius 3 is 3.05 bits per heavy atom. The van der Waals surface area contributed by atoms with Gasteiger partial charge in [0.2, 0.25) is 0 Å². The van der Waals surface area contributed by atoms with Gasteiger partial charge in [0.05, 0.1) is 5.54 Å². The zero-order chi connectivity index (χ0) is 14.2. The van der Waals surface area contributed by atoms with Crippen LogP contribution >= 0.6 is 0 Å². The van der Waals surface area contributed by atoms with E-state index in [2.05, 4.69) is 27.3 Å². The van der Waals surface area contributed by atoms with Gasteiger partial charge in [0.15, 0.2) is 5.82 Å². The largest absolute Gasteiger partial charge is 0.332 e. The third kappa shape index (κ3) is 2.36. The third-order valence-electron chi connectivity index (χ3n) is 3.80. The number of hydrogen-bond donors (Lipinski definition) is 2. The molecule has 3 rings (SSSR count). The Morgan fingerprint density at radius 1 is 1.50 bits per heavy atom. The lowest BCUT2D eigenvalue weighted by molar-refractivity contribution is 0.222. The average molecular weight is 275 g/mol. The maximum absolute atomic E-state index is 11.0. The quantitative estimate of drug-likeness (QED) is 0.851. The molecule has 3 N–H and O–H groups in total. The van der Waals surface area contributed by atoms with Crippen molar-refractivity contribution in [3.05, 3.63) is 28.3 Å². The molecule has 1 fully saturated rings. The summed E-state index contributed by atoms with van der Waals surface area (Å²) in [6.07, 6.45) is 3.96. The molecule has 1 saturated carbocycles. The number of aromatic nitrogens is 4. The summed E-state index contributed by atoms with van der Waals surface area (Å²) in [5, 5.41) is 10.2. The van der Waals surface area contributed by atoms with Gasteiger partial charge in [-0.1, -0.05) is 24.9 Å². The molecule has 20 heavy (non-hydrogen) atoms. The minimum Gasteiger partial charge on any atom is -0.332 e. The van der Waals surface area contributed by atoms with Crippen LogP contribution in [0, 0.1) is 5.92 Å². The van der Waals surface area contributed by atoms with Crippen LogP contribution in [-0.2, 0) is 5.54 Å². The van der Waals surface area contributed by atoms with Crippen LogP contribution in [0.15, 0.2) is 21.5 Å². The fraction of sp³-hybridized carbons (Fsp3) is 0.538. The molecular weight excluding hydrogens is 258 g/mol. The molecule has 2 heterocycles. The highest BCUT2D eigenvalue weighted by atomic mass is 16.5. The summed E-state index contributed by atoms with van der Waals surface area (Å²) in [5.74, 6) is 1.35. The molecule has 0 aliphatic heterocycles. The molecule has 1 aliphatic rings. The predicted molar refractivity (Wildman–Crippen MR) is 71.6 cm³/mol. The van der Waals surface area contributed by atoms with Crippen LogP contribution in [0.1, 0.15) is 38.4 Å². The van der Waals surface area contributed by atoms with Crippen molar-refractivity contribution in [2.24, 2.45) is 11.7 Å². The van der Waals surface area contributed by atoms with Gasteiger partial charge in [-0.3, -0.25) is 4.79 Å². The van der Waals surface area contributed by atoms with E-state index in [1.165, 1.54) is 12.5 Å². The van der Waals surface area contributed by atoms with Crippen LogP contribution in [0.4, 0.5) is 0 Å². The van der Waals surface area contributed by atoms with Crippen molar-refractivity contribution >= 4 is 0 Å². The van der Waals surface area contributed by atoms with Crippen molar-refractivity contribution in [1.29, 1.82) is 0 Å². The zero-order valence-electron chi connectivity index (χ0n) is 11.3. The van der Waals surface area contributed by atoms with Crippen molar-refractivity contribution in [1.82, 2.24) is 20.3 Å². The van der Waals surface area contributed by atoms with Gasteiger partial charge in [0, 0.05) is 6.07 Å². The van der Waals surface area contributed by atoms with E-state index in [0.717, 1.165) is 19.3 Å². The van der Waals surface area contributed by atoms with Gasteiger partial charge in [-0.05, 0) is 24.8 Å². The van der Waals surface area contributed by atoms with E-state index < -0.39 is 5.54 Å². The number of aromatic amines is 1. The predicted octanol–water partition coefficient (Wildman–Crippen LogP) is 1.18. The van der Waals surface area contributed by atoms with E-state index >= 15 is 0 Å². The Balaban J connectivity index is 1.90. The third-order valence-corrected chi connectivity index (χ3v) is 3.80. The molecule has 7 heteroatoms. The normalized spacial score (nSPS) is 26.6. The number of hydrogen-bond acceptors (Lipinski definition) is 6. The van der Waals surface area contributed by atoms with Gasteiger partial charge >= 0.3 is 0 Å². The Labute approximate surface area is 115 Å². The molecule has 0 bridgehead atoms. The van der Waals surface area contributed by atoms with Crippen molar-refractivity contribution in [2.45, 2.75) is 38.1 Å². The number of nitrogens with one attached hydrogen (secondary N) is 1. The maximum Gasteiger partial charge on any atom is 0.278 e. The van der Waals surface area contributed by atoms with Crippen molar-refractivity contribution < 1.29 is 4.52 Å². The molecule has 7 nitrogen and oxygen atoms in total. The van der Waals surface area contributed by atoms with E-state index in [9.17, 15) is 4.79 Å². The van der Waals surface area contributed by atoms with E-state index in [-0.39, 0.29) is 11.4 Å². The molecule has 2 aromatic heterocycles. The molecule has 2 aromatic rings. The van der Waals surface area contributed by atoms with Crippen LogP contribution in [0.3, 0.4) is 0 Å². The minimum absolute atomic E-state index is 0.273. The molecule has 0 saturated heterocycles. The van der Waals surface area contributed by atoms with Gasteiger partial charge in [0.1, 0.15) is 5.69 Å². The van der Waals surface area contributed by atoms with Crippen LogP contribution in [0.2, 0.25) is 0 Å². The van der Waals surface area contributed by atoms with E-state index in [1.54, 1.807) is 6.07 Å². The topological polar surface area (TPSA) is 111 Å². The van der Waals surface area contributed by atoms with Crippen molar-refractivity contribution in [2.75, 3.05) is 0 Å². The molecule has 0 spiro atoms. The molecular formula is C13H17N5O2. The van der Waals surface area contributed by atoms with Crippen molar-refractivity contribution in [3.8, 4) is 11.6 Å². The molecule has 2 atom stereocenters. The first-order valence-corrected chi connectivity index (χ1v) is 6.76. The molecule has 0 aromatic carbocycles. The summed E-state index contributed by atoms with van der Waals surface area (Å²) >= 11 is 0. The summed E-state index contributed by atoms with van der Waals surface area (Å²) in [6.45, 7) is 2.19. The van der Waals surface area contributed by atoms with Crippen molar-refractivity contribution in [3.63, 3.8) is 0 Å². The Morgan fingerprint density at radius 2 is 2.35 bits per heavy atom. The first-order valence-electron chi connectivity index (χ1n) is 6.76. The van der Waals surface area contributed by atoms with E-state index in [0.29, 0.717) is 17.4 Å². The van der Waals surface area contributed by atoms with Crippen LogP contribution < -0.4 is 11.3 Å². The highest BCUT2D eigenvalue weighted by Gasteiger charge is 2.37. The molecule has 0 amide bonds. The standard InChI is InChI=1S/C13H17N5O2/c1-8-3-2-6-13(14,7-8)12-15-11(20-18-12)9-4-5-10(19)17-16-9/h4-5,8H,2-3,6-7,14H2,1H3,(H,17,19). The first-order chi connectivity index (χ1) is 9.57. The Kier molecular flexibility index (Phi) is 3.13. The van der Waals surface area contributed by atoms with Gasteiger partial charge in [0.25, 0.3) is 11.4 Å². The number of nitrogens with two attached hydrogens (primary N) is 1. The van der Waals surface area contributed by atoms with E-state index in [1.807, 2.05) is 0 Å². The highest BCUT2D eigenvalue weighted by molar-refractivity contribution is 5.44. The van der Waals surface area contributed by atoms with Crippen LogP contribution in [0.5, 0.6) is 0 Å². The number of rotatable bonds is 2. The average Bonchev–Trinajstić information content (AvgIpc) is 2.90. The number of H-pyrrole nitrogens is 1. The Bertz CT molecular complexity index is 644. The first kappa shape index (κ1) is 13.0. The molecule has 2 unspecified atom stereocenters. The van der Waals surface area contributed by atoms with Gasteiger partial charge in [-0.15, -0.1) is 0 Å². The summed E-state index contributed by atoms with van der Waals surface area (Å²) in [5.41, 5.74) is 6.06. The molecule has 0 radical (unpaired) electrons. The van der Waals surface area contributed by atoms with Gasteiger partial charge in [-0.2, -0.15) is 10.1 Å². The summed E-state index contributed by atoms with van der Waals surface area (Å²) < 4.78 is 5.22. The fourth-order valence-corrected chi connectivity index (χ4v) is 2.79. The van der Waals surface area contributed by atoms with Crippen LogP contribution in [-0.4, -0.2) is 20.3 Å². The highest BCUT2D eigenvalue weighted by Crippen LogP contribution is 2.36. The van der Waals surface area contributed by atoms with Gasteiger partial charge in [-0.25, -0.2) is 5.10 Å². The SMILES string of the molecule is CC1CCCC(N)(c2noc(-c3ccc(=O)[nH]n3)n2)C1. The summed E-state index contributed by atoms with van der Waals surface area (Å²) in [7, 11) is 0. The lowest BCUT2D eigenvalue weighted by Crippen LogP contribution is -2.42. The molecule has 1 aliphatic carbocycles. The molecule has 106 valence electrons. The van der Waals surface area contributed by atoms with Crippen LogP contribution in [0.25, 0.3) is 11.6 Å². The lowest BCUT2D eigenvalue weighted by Gasteiger charge is -2.33. The Hall–Kier alpha value is -2.02. The second-order valence-electron chi connectivity index (χ2n) is 5.59. The van der Waals surface area contributed by atoms with E-state index in [4.69, 9.17) is 10.3 Å². The lowest BCUT2D eigenvalue weighted by atomic mass is 9.76. The van der Waals surface area contributed by atoms with Gasteiger partial charge < -0.3 is 10.3 Å². The minimum atomic E-state index is -0.526. The smallest absolute Gasteiger partial charge is 0.278 e. The maximum atomic E-state index is 11.0. The monoisotopic (exact) mass is 275 g/mol. The number of nitrogens with zero attached hydrogens (tertiary/aromatic N) is 3.